The van der Waals surface area contributed by atoms with Gasteiger partial charge >= 0.3 is 5.97 Å². The fraction of sp³-hybridized carbons (Fsp3) is 0.158. The number of ether oxygens (including phenoxy) is 1. The maximum Gasteiger partial charge on any atom is 0.338 e. The topological polar surface area (TPSA) is 107 Å². The van der Waals surface area contributed by atoms with Gasteiger partial charge in [0.15, 0.2) is 6.10 Å². The van der Waals surface area contributed by atoms with Crippen LogP contribution in [0.5, 0.6) is 0 Å². The van der Waals surface area contributed by atoms with Crippen molar-refractivity contribution in [3.05, 3.63) is 70.8 Å². The van der Waals surface area contributed by atoms with Crippen LogP contribution in [-0.4, -0.2) is 34.7 Å². The molecule has 2 N–H and O–H groups in total. The van der Waals surface area contributed by atoms with E-state index < -0.39 is 18.0 Å². The smallest absolute Gasteiger partial charge is 0.338 e. The zero-order chi connectivity index (χ0) is 18.8. The van der Waals surface area contributed by atoms with Crippen LogP contribution in [0.25, 0.3) is 0 Å². The van der Waals surface area contributed by atoms with Gasteiger partial charge in [-0.1, -0.05) is 24.3 Å². The van der Waals surface area contributed by atoms with Gasteiger partial charge in [-0.05, 0) is 36.8 Å². The second-order valence-corrected chi connectivity index (χ2v) is 5.89. The molecular formula is C19H16N2O5. The van der Waals surface area contributed by atoms with Crippen molar-refractivity contribution < 1.29 is 23.9 Å². The summed E-state index contributed by atoms with van der Waals surface area (Å²) in [5, 5.41) is 0. The summed E-state index contributed by atoms with van der Waals surface area (Å²) in [5.41, 5.74) is 6.59. The first-order chi connectivity index (χ1) is 12.4. The maximum absolute atomic E-state index is 12.4. The lowest BCUT2D eigenvalue weighted by molar-refractivity contribution is -0.125. The van der Waals surface area contributed by atoms with Gasteiger partial charge in [0.25, 0.3) is 17.7 Å². The summed E-state index contributed by atoms with van der Waals surface area (Å²) in [5.74, 6) is -2.21. The van der Waals surface area contributed by atoms with Crippen molar-refractivity contribution in [3.8, 4) is 0 Å². The highest BCUT2D eigenvalue weighted by Gasteiger charge is 2.35. The van der Waals surface area contributed by atoms with Gasteiger partial charge < -0.3 is 10.5 Å². The summed E-state index contributed by atoms with van der Waals surface area (Å²) in [7, 11) is 0. The molecule has 26 heavy (non-hydrogen) atoms. The van der Waals surface area contributed by atoms with E-state index >= 15 is 0 Å². The van der Waals surface area contributed by atoms with Crippen LogP contribution in [0.3, 0.4) is 0 Å². The third-order valence-electron chi connectivity index (χ3n) is 4.07. The first-order valence-corrected chi connectivity index (χ1v) is 7.93. The van der Waals surface area contributed by atoms with E-state index in [2.05, 4.69) is 0 Å². The molecule has 1 atom stereocenters. The van der Waals surface area contributed by atoms with E-state index in [-0.39, 0.29) is 23.9 Å². The van der Waals surface area contributed by atoms with Crippen molar-refractivity contribution >= 4 is 23.7 Å². The summed E-state index contributed by atoms with van der Waals surface area (Å²) in [6, 6.07) is 12.9. The Bertz CT molecular complexity index is 887. The molecule has 2 aromatic rings. The Hall–Kier alpha value is -3.48. The Kier molecular flexibility index (Phi) is 4.53. The average molecular weight is 352 g/mol. The number of amides is 3. The average Bonchev–Trinajstić information content (AvgIpc) is 2.87. The largest absolute Gasteiger partial charge is 0.449 e. The molecule has 1 aliphatic rings. The van der Waals surface area contributed by atoms with Gasteiger partial charge in [0.2, 0.25) is 0 Å². The summed E-state index contributed by atoms with van der Waals surface area (Å²) < 4.78 is 4.95. The van der Waals surface area contributed by atoms with Crippen LogP contribution in [0.1, 0.15) is 43.6 Å². The van der Waals surface area contributed by atoms with Gasteiger partial charge in [0.05, 0.1) is 23.2 Å². The molecule has 2 aromatic carbocycles. The normalized spacial score (nSPS) is 14.1. The molecule has 7 heteroatoms. The number of nitrogens with zero attached hydrogens (tertiary/aromatic N) is 1. The van der Waals surface area contributed by atoms with E-state index in [4.69, 9.17) is 10.5 Å². The van der Waals surface area contributed by atoms with Crippen molar-refractivity contribution in [3.63, 3.8) is 0 Å². The Morgan fingerprint density at radius 2 is 1.65 bits per heavy atom. The molecule has 0 radical (unpaired) electrons. The number of hydrogen-bond acceptors (Lipinski definition) is 5. The van der Waals surface area contributed by atoms with E-state index in [1.54, 1.807) is 36.4 Å². The fourth-order valence-electron chi connectivity index (χ4n) is 2.65. The monoisotopic (exact) mass is 352 g/mol. The number of hydrogen-bond donors (Lipinski definition) is 1. The molecule has 0 fully saturated rings. The summed E-state index contributed by atoms with van der Waals surface area (Å²) in [6.45, 7) is 1.40. The number of primary amides is 1. The summed E-state index contributed by atoms with van der Waals surface area (Å²) >= 11 is 0. The zero-order valence-electron chi connectivity index (χ0n) is 14.0. The lowest BCUT2D eigenvalue weighted by Gasteiger charge is -2.15. The molecule has 0 aromatic heterocycles. The highest BCUT2D eigenvalue weighted by molar-refractivity contribution is 6.21. The van der Waals surface area contributed by atoms with Crippen molar-refractivity contribution in [2.75, 3.05) is 0 Å². The molecule has 0 unspecified atom stereocenters. The highest BCUT2D eigenvalue weighted by atomic mass is 16.5. The Labute approximate surface area is 149 Å². The van der Waals surface area contributed by atoms with Gasteiger partial charge in [0.1, 0.15) is 0 Å². The molecule has 3 rings (SSSR count). The molecule has 1 heterocycles. The molecule has 1 aliphatic heterocycles. The minimum Gasteiger partial charge on any atom is -0.449 e. The Morgan fingerprint density at radius 3 is 2.23 bits per heavy atom. The van der Waals surface area contributed by atoms with Gasteiger partial charge in [-0.15, -0.1) is 0 Å². The quantitative estimate of drug-likeness (QED) is 0.648. The van der Waals surface area contributed by atoms with Crippen LogP contribution in [0, 0.1) is 0 Å². The number of esters is 1. The molecule has 0 saturated carbocycles. The Balaban J connectivity index is 1.78. The van der Waals surface area contributed by atoms with Crippen LogP contribution in [-0.2, 0) is 16.1 Å². The number of benzene rings is 2. The number of nitrogens with two attached hydrogens (primary N) is 1. The van der Waals surface area contributed by atoms with Crippen LogP contribution in [0.15, 0.2) is 48.5 Å². The van der Waals surface area contributed by atoms with Gasteiger partial charge in [-0.25, -0.2) is 4.79 Å². The van der Waals surface area contributed by atoms with E-state index in [1.165, 1.54) is 19.1 Å². The zero-order valence-corrected chi connectivity index (χ0v) is 14.0. The van der Waals surface area contributed by atoms with Crippen molar-refractivity contribution in [1.82, 2.24) is 4.90 Å². The molecule has 0 spiro atoms. The molecule has 132 valence electrons. The van der Waals surface area contributed by atoms with E-state index in [0.29, 0.717) is 16.7 Å². The summed E-state index contributed by atoms with van der Waals surface area (Å²) in [6.07, 6.45) is -1.05. The predicted molar refractivity (Wildman–Crippen MR) is 91.2 cm³/mol. The lowest BCUT2D eigenvalue weighted by atomic mass is 10.1. The first kappa shape index (κ1) is 17.3. The molecule has 0 aliphatic carbocycles. The number of carbonyl (C=O) groups excluding carboxylic acids is 4. The third-order valence-corrected chi connectivity index (χ3v) is 4.07. The minimum absolute atomic E-state index is 0.0266. The molecular weight excluding hydrogens is 336 g/mol. The van der Waals surface area contributed by atoms with Gasteiger partial charge in [-0.2, -0.15) is 0 Å². The Morgan fingerprint density at radius 1 is 1.04 bits per heavy atom. The molecule has 3 amide bonds. The van der Waals surface area contributed by atoms with Crippen molar-refractivity contribution in [1.29, 1.82) is 0 Å². The van der Waals surface area contributed by atoms with Crippen molar-refractivity contribution in [2.45, 2.75) is 19.6 Å². The second kappa shape index (κ2) is 6.79. The molecule has 0 saturated heterocycles. The molecule has 0 bridgehead atoms. The highest BCUT2D eigenvalue weighted by Crippen LogP contribution is 2.24. The first-order valence-electron chi connectivity index (χ1n) is 7.93. The van der Waals surface area contributed by atoms with Gasteiger partial charge in [0, 0.05) is 0 Å². The van der Waals surface area contributed by atoms with E-state index in [9.17, 15) is 19.2 Å². The summed E-state index contributed by atoms with van der Waals surface area (Å²) in [4.78, 5) is 49.0. The maximum atomic E-state index is 12.4. The van der Waals surface area contributed by atoms with Gasteiger partial charge in [-0.3, -0.25) is 19.3 Å². The standard InChI is InChI=1S/C19H16N2O5/c1-11(16(20)22)26-19(25)13-6-4-5-12(9-13)10-21-17(23)14-7-2-3-8-15(14)18(21)24/h2-9,11H,10H2,1H3,(H2,20,22)/t11-/m0/s1. The minimum atomic E-state index is -1.05. The lowest BCUT2D eigenvalue weighted by Crippen LogP contribution is -2.30. The number of carbonyl (C=O) groups is 4. The number of rotatable bonds is 5. The SMILES string of the molecule is C[C@H](OC(=O)c1cccc(CN2C(=O)c3ccccc3C2=O)c1)C(N)=O. The van der Waals surface area contributed by atoms with Crippen LogP contribution in [0.2, 0.25) is 0 Å². The number of fused-ring (bicyclic) bond motifs is 1. The molecule has 7 nitrogen and oxygen atoms in total. The van der Waals surface area contributed by atoms with Crippen molar-refractivity contribution in [2.24, 2.45) is 5.73 Å². The van der Waals surface area contributed by atoms with Crippen LogP contribution < -0.4 is 5.73 Å². The fourth-order valence-corrected chi connectivity index (χ4v) is 2.65. The second-order valence-electron chi connectivity index (χ2n) is 5.89. The van der Waals surface area contributed by atoms with E-state index in [1.807, 2.05) is 0 Å². The third kappa shape index (κ3) is 3.19. The van der Waals surface area contributed by atoms with Crippen LogP contribution >= 0.6 is 0 Å². The number of imide groups is 1. The van der Waals surface area contributed by atoms with E-state index in [0.717, 1.165) is 4.90 Å². The van der Waals surface area contributed by atoms with Crippen LogP contribution in [0.4, 0.5) is 0 Å². The predicted octanol–water partition coefficient (Wildman–Crippen LogP) is 1.51.